The Labute approximate surface area is 212 Å². The molecule has 3 rings (SSSR count). The first-order valence-corrected chi connectivity index (χ1v) is 12.7. The van der Waals surface area contributed by atoms with Gasteiger partial charge in [0.05, 0.1) is 35.2 Å². The van der Waals surface area contributed by atoms with E-state index in [0.29, 0.717) is 18.7 Å². The molecule has 0 aliphatic carbocycles. The molecule has 0 aromatic carbocycles. The number of carbonyl (C=O) groups is 2. The Balaban J connectivity index is 1.90. The number of hydrogen-bond acceptors (Lipinski definition) is 8. The number of aryl methyl sites for hydroxylation is 1. The van der Waals surface area contributed by atoms with Gasteiger partial charge >= 0.3 is 5.97 Å². The van der Waals surface area contributed by atoms with Crippen molar-refractivity contribution in [1.82, 2.24) is 4.98 Å². The highest BCUT2D eigenvalue weighted by Gasteiger charge is 2.63. The van der Waals surface area contributed by atoms with E-state index in [0.717, 1.165) is 12.5 Å². The molecule has 3 heterocycles. The van der Waals surface area contributed by atoms with Crippen LogP contribution >= 0.6 is 0 Å². The molecule has 0 amide bonds. The third kappa shape index (κ3) is 5.89. The van der Waals surface area contributed by atoms with E-state index in [9.17, 15) is 19.8 Å². The van der Waals surface area contributed by atoms with Crippen molar-refractivity contribution in [2.45, 2.75) is 110 Å². The molecule has 0 saturated carbocycles. The minimum atomic E-state index is -1.38. The second kappa shape index (κ2) is 10.3. The van der Waals surface area contributed by atoms with Crippen LogP contribution in [0.2, 0.25) is 0 Å². The van der Waals surface area contributed by atoms with Crippen molar-refractivity contribution in [3.63, 3.8) is 0 Å². The lowest BCUT2D eigenvalue weighted by Crippen LogP contribution is -2.45. The van der Waals surface area contributed by atoms with Crippen molar-refractivity contribution in [1.29, 1.82) is 0 Å². The zero-order valence-electron chi connectivity index (χ0n) is 22.3. The van der Waals surface area contributed by atoms with Crippen LogP contribution in [0, 0.1) is 24.2 Å². The third-order valence-electron chi connectivity index (χ3n) is 8.26. The molecule has 8 nitrogen and oxygen atoms in total. The Morgan fingerprint density at radius 2 is 1.83 bits per heavy atom. The van der Waals surface area contributed by atoms with E-state index in [1.54, 1.807) is 27.7 Å². The number of aliphatic hydroxyl groups excluding tert-OH is 2. The lowest BCUT2D eigenvalue weighted by molar-refractivity contribution is -0.155. The summed E-state index contributed by atoms with van der Waals surface area (Å²) in [6.45, 7) is 12.1. The molecule has 1 aromatic rings. The maximum Gasteiger partial charge on any atom is 0.309 e. The number of esters is 1. The summed E-state index contributed by atoms with van der Waals surface area (Å²) in [4.78, 5) is 30.1. The van der Waals surface area contributed by atoms with Gasteiger partial charge in [0.2, 0.25) is 0 Å². The fourth-order valence-electron chi connectivity index (χ4n) is 5.23. The topological polar surface area (TPSA) is 122 Å². The number of carbonyl (C=O) groups excluding carboxylic acids is 2. The number of halogens is 1. The Bertz CT molecular complexity index is 1000. The van der Waals surface area contributed by atoms with Crippen LogP contribution in [0.5, 0.6) is 0 Å². The predicted molar refractivity (Wildman–Crippen MR) is 130 cm³/mol. The van der Waals surface area contributed by atoms with Crippen LogP contribution in [0.4, 0.5) is 4.39 Å². The number of epoxide rings is 1. The van der Waals surface area contributed by atoms with Crippen LogP contribution in [0.25, 0.3) is 6.08 Å². The van der Waals surface area contributed by atoms with Gasteiger partial charge in [0, 0.05) is 25.3 Å². The number of fused-ring (bicyclic) bond motifs is 1. The van der Waals surface area contributed by atoms with E-state index in [2.05, 4.69) is 4.98 Å². The molecule has 0 radical (unpaired) electrons. The van der Waals surface area contributed by atoms with Gasteiger partial charge < -0.3 is 24.1 Å². The van der Waals surface area contributed by atoms with E-state index >= 15 is 4.39 Å². The zero-order chi connectivity index (χ0) is 27.1. The van der Waals surface area contributed by atoms with Gasteiger partial charge in [-0.25, -0.2) is 9.37 Å². The standard InChI is InChI=1S/C27H40FNO7/c1-15-9-8-10-26(6)27(7,36-26)13-20(19(28)11-18-14-34-17(3)29-18)35-22(31)12-21(30)25(4,5)24(33)16(2)23(15)32/h11,14-16,20-21,23,30,32H,8-10,12-13H2,1-7H3/b19-11+/t15-,16+,20-,21-,23-,26+,27-/m0/s1. The smallest absolute Gasteiger partial charge is 0.309 e. The maximum absolute atomic E-state index is 15.4. The molecule has 0 spiro atoms. The summed E-state index contributed by atoms with van der Waals surface area (Å²) in [6, 6.07) is 0. The molecule has 0 bridgehead atoms. The predicted octanol–water partition coefficient (Wildman–Crippen LogP) is 4.31. The van der Waals surface area contributed by atoms with Crippen molar-refractivity contribution in [2.24, 2.45) is 17.3 Å². The number of Topliss-reactive ketones (excluding diaryl/α,β-unsaturated/α-hetero) is 1. The quantitative estimate of drug-likeness (QED) is 0.447. The molecule has 2 fully saturated rings. The highest BCUT2D eigenvalue weighted by Crippen LogP contribution is 2.54. The fourth-order valence-corrected chi connectivity index (χ4v) is 5.23. The normalized spacial score (nSPS) is 38.8. The van der Waals surface area contributed by atoms with Crippen LogP contribution in [-0.2, 0) is 19.1 Å². The van der Waals surface area contributed by atoms with Gasteiger partial charge in [-0.2, -0.15) is 0 Å². The van der Waals surface area contributed by atoms with Gasteiger partial charge in [-0.05, 0) is 32.6 Å². The average molecular weight is 510 g/mol. The highest BCUT2D eigenvalue weighted by molar-refractivity contribution is 5.88. The maximum atomic E-state index is 15.4. The van der Waals surface area contributed by atoms with Crippen molar-refractivity contribution in [3.8, 4) is 0 Å². The number of nitrogens with zero attached hydrogens (tertiary/aromatic N) is 1. The third-order valence-corrected chi connectivity index (χ3v) is 8.26. The van der Waals surface area contributed by atoms with E-state index in [-0.39, 0.29) is 23.8 Å². The van der Waals surface area contributed by atoms with Gasteiger partial charge in [-0.1, -0.05) is 34.1 Å². The summed E-state index contributed by atoms with van der Waals surface area (Å²) in [5.41, 5.74) is -2.34. The summed E-state index contributed by atoms with van der Waals surface area (Å²) in [7, 11) is 0. The minimum Gasteiger partial charge on any atom is -0.455 e. The second-order valence-electron chi connectivity index (χ2n) is 11.5. The molecule has 2 N–H and O–H groups in total. The summed E-state index contributed by atoms with van der Waals surface area (Å²) in [5.74, 6) is -2.41. The lowest BCUT2D eigenvalue weighted by atomic mass is 9.73. The first kappa shape index (κ1) is 28.5. The van der Waals surface area contributed by atoms with E-state index in [1.807, 2.05) is 20.8 Å². The molecule has 2 aliphatic heterocycles. The van der Waals surface area contributed by atoms with Crippen LogP contribution in [0.1, 0.15) is 85.2 Å². The number of aromatic nitrogens is 1. The first-order chi connectivity index (χ1) is 16.6. The molecular formula is C27H40FNO7. The van der Waals surface area contributed by atoms with Crippen molar-refractivity contribution in [2.75, 3.05) is 0 Å². The average Bonchev–Trinajstić information content (AvgIpc) is 3.08. The van der Waals surface area contributed by atoms with Gasteiger partial charge in [0.25, 0.3) is 0 Å². The van der Waals surface area contributed by atoms with Crippen molar-refractivity contribution in [3.05, 3.63) is 23.7 Å². The van der Waals surface area contributed by atoms with Crippen LogP contribution in [-0.4, -0.2) is 56.5 Å². The number of hydrogen-bond donors (Lipinski definition) is 2. The zero-order valence-corrected chi connectivity index (χ0v) is 22.3. The molecule has 9 heteroatoms. The summed E-state index contributed by atoms with van der Waals surface area (Å²) in [6.07, 6.45) is 0.589. The summed E-state index contributed by atoms with van der Waals surface area (Å²) in [5, 5.41) is 21.6. The van der Waals surface area contributed by atoms with E-state index in [4.69, 9.17) is 13.9 Å². The molecular weight excluding hydrogens is 469 g/mol. The highest BCUT2D eigenvalue weighted by atomic mass is 19.1. The molecule has 2 saturated heterocycles. The van der Waals surface area contributed by atoms with E-state index in [1.165, 1.54) is 6.26 Å². The number of ketones is 1. The van der Waals surface area contributed by atoms with Crippen molar-refractivity contribution >= 4 is 17.8 Å². The number of rotatable bonds is 2. The largest absolute Gasteiger partial charge is 0.455 e. The number of ether oxygens (including phenoxy) is 2. The molecule has 1 aromatic heterocycles. The van der Waals surface area contributed by atoms with Crippen LogP contribution < -0.4 is 0 Å². The van der Waals surface area contributed by atoms with Crippen LogP contribution in [0.15, 0.2) is 16.5 Å². The van der Waals surface area contributed by atoms with Gasteiger partial charge in [0.1, 0.15) is 23.6 Å². The Hall–Kier alpha value is -2.10. The summed E-state index contributed by atoms with van der Waals surface area (Å²) < 4.78 is 32.1. The fraction of sp³-hybridized carbons (Fsp3) is 0.741. The molecule has 2 aliphatic rings. The number of oxazole rings is 1. The lowest BCUT2D eigenvalue weighted by Gasteiger charge is -2.34. The summed E-state index contributed by atoms with van der Waals surface area (Å²) >= 11 is 0. The Morgan fingerprint density at radius 3 is 2.44 bits per heavy atom. The van der Waals surface area contributed by atoms with E-state index < -0.39 is 59.1 Å². The van der Waals surface area contributed by atoms with Gasteiger partial charge in [-0.3, -0.25) is 9.59 Å². The number of aliphatic hydroxyl groups is 2. The monoisotopic (exact) mass is 509 g/mol. The molecule has 36 heavy (non-hydrogen) atoms. The minimum absolute atomic E-state index is 0.0715. The van der Waals surface area contributed by atoms with Crippen LogP contribution in [0.3, 0.4) is 0 Å². The number of cyclic esters (lactones) is 1. The van der Waals surface area contributed by atoms with Crippen molar-refractivity contribution < 1.29 is 38.1 Å². The first-order valence-electron chi connectivity index (χ1n) is 12.7. The molecule has 7 atom stereocenters. The Morgan fingerprint density at radius 1 is 1.17 bits per heavy atom. The van der Waals surface area contributed by atoms with Gasteiger partial charge in [0.15, 0.2) is 12.0 Å². The second-order valence-corrected chi connectivity index (χ2v) is 11.5. The molecule has 0 unspecified atom stereocenters. The molecule has 202 valence electrons. The SMILES string of the molecule is Cc1nc(/C=C(/F)[C@@H]2C[C@]3(C)O[C@]3(C)CCC[C@H](C)[C@H](O)[C@@H](C)C(=O)C(C)(C)[C@@H](O)CC(=O)O2)co1. The Kier molecular flexibility index (Phi) is 8.18. The van der Waals surface area contributed by atoms with Gasteiger partial charge in [-0.15, -0.1) is 0 Å².